The van der Waals surface area contributed by atoms with Crippen molar-refractivity contribution >= 4 is 16.7 Å². The van der Waals surface area contributed by atoms with Crippen LogP contribution in [0.15, 0.2) is 54.6 Å². The van der Waals surface area contributed by atoms with E-state index in [4.69, 9.17) is 0 Å². The number of benzene rings is 2. The number of hydrogen-bond donors (Lipinski definition) is 1. The average molecular weight is 249 g/mol. The third-order valence-electron chi connectivity index (χ3n) is 3.35. The number of fused-ring (bicyclic) bond motifs is 1. The Labute approximate surface area is 112 Å². The van der Waals surface area contributed by atoms with E-state index in [1.165, 1.54) is 5.39 Å². The van der Waals surface area contributed by atoms with E-state index in [1.54, 1.807) is 0 Å². The number of nitrogens with one attached hydrogen (secondary N) is 1. The van der Waals surface area contributed by atoms with Crippen LogP contribution < -0.4 is 0 Å². The zero-order chi connectivity index (χ0) is 13.2. The van der Waals surface area contributed by atoms with Crippen LogP contribution >= 0.6 is 0 Å². The van der Waals surface area contributed by atoms with E-state index in [0.717, 1.165) is 22.3 Å². The van der Waals surface area contributed by atoms with E-state index >= 15 is 0 Å². The number of aromatic amines is 1. The molecule has 0 radical (unpaired) electrons. The van der Waals surface area contributed by atoms with Gasteiger partial charge in [0, 0.05) is 28.6 Å². The summed E-state index contributed by atoms with van der Waals surface area (Å²) in [5.74, 6) is 0.179. The first-order valence-corrected chi connectivity index (χ1v) is 6.49. The van der Waals surface area contributed by atoms with Crippen molar-refractivity contribution in [3.8, 4) is 11.3 Å². The van der Waals surface area contributed by atoms with E-state index < -0.39 is 0 Å². The average Bonchev–Trinajstić information content (AvgIpc) is 2.90. The first-order valence-electron chi connectivity index (χ1n) is 6.49. The molecule has 0 saturated heterocycles. The highest BCUT2D eigenvalue weighted by atomic mass is 16.1. The van der Waals surface area contributed by atoms with Gasteiger partial charge in [0.25, 0.3) is 0 Å². The molecular formula is C17H15NO. The molecule has 0 fully saturated rings. The zero-order valence-corrected chi connectivity index (χ0v) is 10.8. The van der Waals surface area contributed by atoms with Gasteiger partial charge in [-0.3, -0.25) is 4.79 Å². The van der Waals surface area contributed by atoms with Crippen molar-refractivity contribution in [3.63, 3.8) is 0 Å². The largest absolute Gasteiger partial charge is 0.355 e. The summed E-state index contributed by atoms with van der Waals surface area (Å²) >= 11 is 0. The van der Waals surface area contributed by atoms with Crippen LogP contribution in [0.4, 0.5) is 0 Å². The van der Waals surface area contributed by atoms with Crippen LogP contribution in [-0.2, 0) is 0 Å². The predicted octanol–water partition coefficient (Wildman–Crippen LogP) is 4.43. The SMILES string of the molecule is CCC(=O)c1cccc(-c2cc3ccccc3[nH]2)c1. The summed E-state index contributed by atoms with van der Waals surface area (Å²) < 4.78 is 0. The van der Waals surface area contributed by atoms with E-state index in [0.29, 0.717) is 6.42 Å². The van der Waals surface area contributed by atoms with Gasteiger partial charge in [0.05, 0.1) is 0 Å². The number of ketones is 1. The molecule has 3 aromatic rings. The highest BCUT2D eigenvalue weighted by Crippen LogP contribution is 2.24. The van der Waals surface area contributed by atoms with Crippen molar-refractivity contribution in [1.29, 1.82) is 0 Å². The van der Waals surface area contributed by atoms with Crippen molar-refractivity contribution in [2.24, 2.45) is 0 Å². The molecule has 0 saturated carbocycles. The molecule has 0 spiro atoms. The second kappa shape index (κ2) is 4.73. The third kappa shape index (κ3) is 2.17. The van der Waals surface area contributed by atoms with E-state index in [1.807, 2.05) is 43.3 Å². The maximum absolute atomic E-state index is 11.8. The fourth-order valence-corrected chi connectivity index (χ4v) is 2.29. The number of carbonyl (C=O) groups excluding carboxylic acids is 1. The van der Waals surface area contributed by atoms with E-state index in [-0.39, 0.29) is 5.78 Å². The zero-order valence-electron chi connectivity index (χ0n) is 10.8. The Kier molecular flexibility index (Phi) is 2.92. The number of aromatic nitrogens is 1. The van der Waals surface area contributed by atoms with Gasteiger partial charge in [-0.2, -0.15) is 0 Å². The van der Waals surface area contributed by atoms with Crippen LogP contribution in [0.5, 0.6) is 0 Å². The lowest BCUT2D eigenvalue weighted by Crippen LogP contribution is -1.96. The summed E-state index contributed by atoms with van der Waals surface area (Å²) in [4.78, 5) is 15.1. The van der Waals surface area contributed by atoms with Crippen molar-refractivity contribution in [2.75, 3.05) is 0 Å². The van der Waals surface area contributed by atoms with Crippen LogP contribution in [0, 0.1) is 0 Å². The molecule has 2 aromatic carbocycles. The normalized spacial score (nSPS) is 10.8. The molecular weight excluding hydrogens is 234 g/mol. The molecule has 0 bridgehead atoms. The van der Waals surface area contributed by atoms with Crippen LogP contribution in [-0.4, -0.2) is 10.8 Å². The molecule has 19 heavy (non-hydrogen) atoms. The smallest absolute Gasteiger partial charge is 0.162 e. The Hall–Kier alpha value is -2.35. The number of rotatable bonds is 3. The third-order valence-corrected chi connectivity index (χ3v) is 3.35. The summed E-state index contributed by atoms with van der Waals surface area (Å²) in [7, 11) is 0. The maximum Gasteiger partial charge on any atom is 0.162 e. The Balaban J connectivity index is 2.08. The molecule has 0 aliphatic heterocycles. The lowest BCUT2D eigenvalue weighted by atomic mass is 10.0. The number of para-hydroxylation sites is 1. The van der Waals surface area contributed by atoms with Gasteiger partial charge in [0.15, 0.2) is 5.78 Å². The summed E-state index contributed by atoms with van der Waals surface area (Å²) in [5.41, 5.74) is 3.99. The summed E-state index contributed by atoms with van der Waals surface area (Å²) in [5, 5.41) is 1.18. The van der Waals surface area contributed by atoms with Gasteiger partial charge in [-0.25, -0.2) is 0 Å². The molecule has 1 heterocycles. The topological polar surface area (TPSA) is 32.9 Å². The van der Waals surface area contributed by atoms with Crippen LogP contribution in [0.25, 0.3) is 22.2 Å². The van der Waals surface area contributed by atoms with Gasteiger partial charge < -0.3 is 4.98 Å². The number of H-pyrrole nitrogens is 1. The quantitative estimate of drug-likeness (QED) is 0.684. The number of carbonyl (C=O) groups is 1. The van der Waals surface area contributed by atoms with Gasteiger partial charge in [0.1, 0.15) is 0 Å². The monoisotopic (exact) mass is 249 g/mol. The Bertz CT molecular complexity index is 707. The Morgan fingerprint density at radius 2 is 1.89 bits per heavy atom. The van der Waals surface area contributed by atoms with Gasteiger partial charge in [-0.05, 0) is 23.8 Å². The number of Topliss-reactive ketones (excluding diaryl/α,β-unsaturated/α-hetero) is 1. The van der Waals surface area contributed by atoms with Crippen molar-refractivity contribution < 1.29 is 4.79 Å². The minimum Gasteiger partial charge on any atom is -0.355 e. The van der Waals surface area contributed by atoms with Gasteiger partial charge in [0.2, 0.25) is 0 Å². The van der Waals surface area contributed by atoms with Gasteiger partial charge >= 0.3 is 0 Å². The van der Waals surface area contributed by atoms with Crippen molar-refractivity contribution in [1.82, 2.24) is 4.98 Å². The van der Waals surface area contributed by atoms with Crippen LogP contribution in [0.2, 0.25) is 0 Å². The molecule has 2 nitrogen and oxygen atoms in total. The molecule has 0 unspecified atom stereocenters. The lowest BCUT2D eigenvalue weighted by Gasteiger charge is -2.01. The predicted molar refractivity (Wildman–Crippen MR) is 78.4 cm³/mol. The van der Waals surface area contributed by atoms with Gasteiger partial charge in [-0.15, -0.1) is 0 Å². The molecule has 0 amide bonds. The van der Waals surface area contributed by atoms with Crippen LogP contribution in [0.3, 0.4) is 0 Å². The number of hydrogen-bond acceptors (Lipinski definition) is 1. The molecule has 0 atom stereocenters. The lowest BCUT2D eigenvalue weighted by molar-refractivity contribution is 0.0988. The highest BCUT2D eigenvalue weighted by Gasteiger charge is 2.07. The first kappa shape index (κ1) is 11.7. The molecule has 94 valence electrons. The molecule has 1 N–H and O–H groups in total. The van der Waals surface area contributed by atoms with E-state index in [9.17, 15) is 4.79 Å². The second-order valence-corrected chi connectivity index (χ2v) is 4.63. The van der Waals surface area contributed by atoms with E-state index in [2.05, 4.69) is 23.2 Å². The maximum atomic E-state index is 11.8. The summed E-state index contributed by atoms with van der Waals surface area (Å²) in [6, 6.07) is 18.1. The molecule has 1 aromatic heterocycles. The fourth-order valence-electron chi connectivity index (χ4n) is 2.29. The highest BCUT2D eigenvalue weighted by molar-refractivity contribution is 5.97. The fraction of sp³-hybridized carbons (Fsp3) is 0.118. The second-order valence-electron chi connectivity index (χ2n) is 4.63. The van der Waals surface area contributed by atoms with Gasteiger partial charge in [-0.1, -0.05) is 43.3 Å². The van der Waals surface area contributed by atoms with Crippen LogP contribution in [0.1, 0.15) is 23.7 Å². The molecule has 0 aliphatic rings. The Morgan fingerprint density at radius 3 is 2.68 bits per heavy atom. The Morgan fingerprint density at radius 1 is 1.05 bits per heavy atom. The van der Waals surface area contributed by atoms with Crippen molar-refractivity contribution in [2.45, 2.75) is 13.3 Å². The molecule has 3 rings (SSSR count). The van der Waals surface area contributed by atoms with Crippen molar-refractivity contribution in [3.05, 3.63) is 60.2 Å². The summed E-state index contributed by atoms with van der Waals surface area (Å²) in [6.45, 7) is 1.89. The minimum atomic E-state index is 0.179. The first-order chi connectivity index (χ1) is 9.28. The standard InChI is InChI=1S/C17H15NO/c1-2-17(19)14-8-5-7-12(10-14)16-11-13-6-3-4-9-15(13)18-16/h3-11,18H,2H2,1H3. The summed E-state index contributed by atoms with van der Waals surface area (Å²) in [6.07, 6.45) is 0.538. The molecule has 2 heteroatoms. The minimum absolute atomic E-state index is 0.179. The molecule has 0 aliphatic carbocycles.